The van der Waals surface area contributed by atoms with Crippen LogP contribution < -0.4 is 10.6 Å². The third kappa shape index (κ3) is 2.29. The molecule has 1 saturated heterocycles. The van der Waals surface area contributed by atoms with Gasteiger partial charge in [0.05, 0.1) is 0 Å². The smallest absolute Gasteiger partial charge is 0.205 e. The molecule has 1 aromatic rings. The van der Waals surface area contributed by atoms with Crippen LogP contribution in [0.5, 0.6) is 0 Å². The summed E-state index contributed by atoms with van der Waals surface area (Å²) in [4.78, 5) is 6.76. The van der Waals surface area contributed by atoms with E-state index in [1.165, 1.54) is 11.5 Å². The van der Waals surface area contributed by atoms with Gasteiger partial charge in [-0.2, -0.15) is 4.37 Å². The number of piperidine rings is 1. The first-order chi connectivity index (χ1) is 7.20. The van der Waals surface area contributed by atoms with Crippen molar-refractivity contribution in [3.8, 4) is 0 Å². The number of hydrogen-bond acceptors (Lipinski definition) is 5. The van der Waals surface area contributed by atoms with Gasteiger partial charge in [0.25, 0.3) is 0 Å². The molecule has 2 N–H and O–H groups in total. The maximum atomic E-state index is 6.06. The molecule has 2 unspecified atom stereocenters. The summed E-state index contributed by atoms with van der Waals surface area (Å²) in [6.07, 6.45) is 2.06. The number of aryl methyl sites for hydroxylation is 1. The monoisotopic (exact) mass is 226 g/mol. The second-order valence-corrected chi connectivity index (χ2v) is 4.95. The molecule has 1 aliphatic heterocycles. The van der Waals surface area contributed by atoms with E-state index in [0.717, 1.165) is 36.9 Å². The quantitative estimate of drug-likeness (QED) is 0.825. The van der Waals surface area contributed by atoms with Crippen LogP contribution in [0.4, 0.5) is 5.13 Å². The van der Waals surface area contributed by atoms with Gasteiger partial charge in [0, 0.05) is 37.1 Å². The fourth-order valence-corrected chi connectivity index (χ4v) is 2.57. The molecule has 15 heavy (non-hydrogen) atoms. The standard InChI is InChI=1S/C10H18N4S/c1-3-9-12-10(15-13-9)14-5-4-7(2)8(11)6-14/h7-8H,3-6,11H2,1-2H3. The predicted molar refractivity (Wildman–Crippen MR) is 63.3 cm³/mol. The SMILES string of the molecule is CCc1nsc(N2CCC(C)C(N)C2)n1. The van der Waals surface area contributed by atoms with Crippen LogP contribution in [0.25, 0.3) is 0 Å². The average molecular weight is 226 g/mol. The number of rotatable bonds is 2. The van der Waals surface area contributed by atoms with Gasteiger partial charge in [0.1, 0.15) is 5.82 Å². The lowest BCUT2D eigenvalue weighted by Gasteiger charge is -2.34. The van der Waals surface area contributed by atoms with Crippen molar-refractivity contribution in [1.29, 1.82) is 0 Å². The lowest BCUT2D eigenvalue weighted by atomic mass is 9.95. The van der Waals surface area contributed by atoms with Crippen molar-refractivity contribution < 1.29 is 0 Å². The molecular formula is C10H18N4S. The largest absolute Gasteiger partial charge is 0.345 e. The molecule has 0 spiro atoms. The maximum Gasteiger partial charge on any atom is 0.205 e. The van der Waals surface area contributed by atoms with Crippen LogP contribution in [0.3, 0.4) is 0 Å². The van der Waals surface area contributed by atoms with Gasteiger partial charge in [0.2, 0.25) is 5.13 Å². The topological polar surface area (TPSA) is 55.0 Å². The van der Waals surface area contributed by atoms with Crippen molar-refractivity contribution >= 4 is 16.7 Å². The first-order valence-corrected chi connectivity index (χ1v) is 6.31. The molecule has 1 aromatic heterocycles. The summed E-state index contributed by atoms with van der Waals surface area (Å²) < 4.78 is 4.30. The van der Waals surface area contributed by atoms with Gasteiger partial charge in [-0.25, -0.2) is 4.98 Å². The highest BCUT2D eigenvalue weighted by Crippen LogP contribution is 2.23. The first kappa shape index (κ1) is 10.8. The molecule has 0 bridgehead atoms. The van der Waals surface area contributed by atoms with Crippen molar-refractivity contribution in [2.24, 2.45) is 11.7 Å². The van der Waals surface area contributed by atoms with Crippen LogP contribution in [0, 0.1) is 5.92 Å². The number of nitrogens with two attached hydrogens (primary N) is 1. The van der Waals surface area contributed by atoms with Gasteiger partial charge in [-0.05, 0) is 12.3 Å². The van der Waals surface area contributed by atoms with Crippen LogP contribution in [-0.2, 0) is 6.42 Å². The van der Waals surface area contributed by atoms with E-state index in [-0.39, 0.29) is 6.04 Å². The van der Waals surface area contributed by atoms with E-state index >= 15 is 0 Å². The third-order valence-corrected chi connectivity index (χ3v) is 3.88. The third-order valence-electron chi connectivity index (χ3n) is 3.06. The second kappa shape index (κ2) is 4.45. The maximum absolute atomic E-state index is 6.06. The van der Waals surface area contributed by atoms with Gasteiger partial charge < -0.3 is 10.6 Å². The van der Waals surface area contributed by atoms with Crippen molar-refractivity contribution in [2.45, 2.75) is 32.7 Å². The predicted octanol–water partition coefficient (Wildman–Crippen LogP) is 1.27. The van der Waals surface area contributed by atoms with Crippen LogP contribution in [0.1, 0.15) is 26.1 Å². The van der Waals surface area contributed by atoms with E-state index in [1.807, 2.05) is 0 Å². The van der Waals surface area contributed by atoms with Crippen molar-refractivity contribution in [1.82, 2.24) is 9.36 Å². The Bertz CT molecular complexity index is 325. The van der Waals surface area contributed by atoms with E-state index in [0.29, 0.717) is 5.92 Å². The highest BCUT2D eigenvalue weighted by molar-refractivity contribution is 7.09. The number of nitrogens with zero attached hydrogens (tertiary/aromatic N) is 3. The fraction of sp³-hybridized carbons (Fsp3) is 0.800. The van der Waals surface area contributed by atoms with Crippen LogP contribution in [0.15, 0.2) is 0 Å². The summed E-state index contributed by atoms with van der Waals surface area (Å²) >= 11 is 1.49. The molecule has 1 aliphatic rings. The minimum absolute atomic E-state index is 0.271. The van der Waals surface area contributed by atoms with Crippen LogP contribution in [-0.4, -0.2) is 28.5 Å². The van der Waals surface area contributed by atoms with Gasteiger partial charge in [-0.3, -0.25) is 0 Å². The van der Waals surface area contributed by atoms with E-state index < -0.39 is 0 Å². The first-order valence-electron chi connectivity index (χ1n) is 5.53. The summed E-state index contributed by atoms with van der Waals surface area (Å²) in [5.41, 5.74) is 6.06. The zero-order valence-corrected chi connectivity index (χ0v) is 10.1. The lowest BCUT2D eigenvalue weighted by molar-refractivity contribution is 0.379. The van der Waals surface area contributed by atoms with E-state index in [2.05, 4.69) is 28.1 Å². The Morgan fingerprint density at radius 3 is 3.00 bits per heavy atom. The number of hydrogen-bond donors (Lipinski definition) is 1. The molecule has 5 heteroatoms. The van der Waals surface area contributed by atoms with Gasteiger partial charge >= 0.3 is 0 Å². The zero-order chi connectivity index (χ0) is 10.8. The van der Waals surface area contributed by atoms with E-state index in [4.69, 9.17) is 5.73 Å². The molecule has 1 fully saturated rings. The van der Waals surface area contributed by atoms with Gasteiger partial charge in [-0.1, -0.05) is 13.8 Å². The summed E-state index contributed by atoms with van der Waals surface area (Å²) in [5, 5.41) is 1.04. The summed E-state index contributed by atoms with van der Waals surface area (Å²) in [5.74, 6) is 1.57. The summed E-state index contributed by atoms with van der Waals surface area (Å²) in [6.45, 7) is 6.28. The average Bonchev–Trinajstić information content (AvgIpc) is 2.70. The van der Waals surface area contributed by atoms with Crippen LogP contribution >= 0.6 is 11.5 Å². The molecule has 0 aromatic carbocycles. The Kier molecular flexibility index (Phi) is 3.21. The van der Waals surface area contributed by atoms with E-state index in [1.54, 1.807) is 0 Å². The zero-order valence-electron chi connectivity index (χ0n) is 9.31. The molecule has 0 saturated carbocycles. The molecule has 2 heterocycles. The molecule has 4 nitrogen and oxygen atoms in total. The van der Waals surface area contributed by atoms with Crippen molar-refractivity contribution in [3.05, 3.63) is 5.82 Å². The highest BCUT2D eigenvalue weighted by Gasteiger charge is 2.24. The molecule has 0 aliphatic carbocycles. The molecule has 2 atom stereocenters. The fourth-order valence-electron chi connectivity index (χ4n) is 1.79. The van der Waals surface area contributed by atoms with Gasteiger partial charge in [-0.15, -0.1) is 0 Å². The van der Waals surface area contributed by atoms with E-state index in [9.17, 15) is 0 Å². The molecule has 0 radical (unpaired) electrons. The Morgan fingerprint density at radius 1 is 1.60 bits per heavy atom. The Morgan fingerprint density at radius 2 is 2.40 bits per heavy atom. The van der Waals surface area contributed by atoms with Gasteiger partial charge in [0.15, 0.2) is 0 Å². The highest BCUT2D eigenvalue weighted by atomic mass is 32.1. The Balaban J connectivity index is 2.05. The van der Waals surface area contributed by atoms with Crippen molar-refractivity contribution in [2.75, 3.05) is 18.0 Å². The minimum Gasteiger partial charge on any atom is -0.345 e. The Labute approximate surface area is 94.7 Å². The summed E-state index contributed by atoms with van der Waals surface area (Å²) in [7, 11) is 0. The molecule has 2 rings (SSSR count). The van der Waals surface area contributed by atoms with Crippen LogP contribution in [0.2, 0.25) is 0 Å². The minimum atomic E-state index is 0.271. The molecule has 0 amide bonds. The van der Waals surface area contributed by atoms with Crippen molar-refractivity contribution in [3.63, 3.8) is 0 Å². The number of aromatic nitrogens is 2. The lowest BCUT2D eigenvalue weighted by Crippen LogP contribution is -2.47. The second-order valence-electron chi connectivity index (χ2n) is 4.22. The normalized spacial score (nSPS) is 27.0. The summed E-state index contributed by atoms with van der Waals surface area (Å²) in [6, 6.07) is 0.271. The Hall–Kier alpha value is -0.680. The molecule has 84 valence electrons. The molecular weight excluding hydrogens is 208 g/mol. The number of anilines is 1.